The van der Waals surface area contributed by atoms with E-state index in [9.17, 15) is 0 Å². The summed E-state index contributed by atoms with van der Waals surface area (Å²) in [6.45, 7) is 13.4. The Labute approximate surface area is 120 Å². The van der Waals surface area contributed by atoms with Gasteiger partial charge in [0.1, 0.15) is 0 Å². The first-order valence-electron chi connectivity index (χ1n) is 7.99. The first-order chi connectivity index (χ1) is 8.95. The van der Waals surface area contributed by atoms with Crippen molar-refractivity contribution in [2.24, 2.45) is 5.41 Å². The molecule has 0 aromatic carbocycles. The summed E-state index contributed by atoms with van der Waals surface area (Å²) in [5.74, 6) is 0. The second-order valence-electron chi connectivity index (χ2n) is 6.89. The van der Waals surface area contributed by atoms with Crippen LogP contribution in [0.15, 0.2) is 0 Å². The molecule has 2 atom stereocenters. The molecule has 2 unspecified atom stereocenters. The van der Waals surface area contributed by atoms with Gasteiger partial charge in [-0.15, -0.1) is 0 Å². The molecule has 0 spiro atoms. The number of likely N-dealkylation sites (N-methyl/N-ethyl adjacent to an activating group) is 1. The number of hydrogen-bond acceptors (Lipinski definition) is 3. The SMILES string of the molecule is CCC(C)(CNC(C)C)CN(C)CC1CCCCO1. The maximum atomic E-state index is 5.84. The third kappa shape index (κ3) is 6.73. The number of hydrogen-bond donors (Lipinski definition) is 1. The van der Waals surface area contributed by atoms with E-state index in [-0.39, 0.29) is 0 Å². The largest absolute Gasteiger partial charge is 0.377 e. The van der Waals surface area contributed by atoms with Gasteiger partial charge in [-0.2, -0.15) is 0 Å². The minimum Gasteiger partial charge on any atom is -0.377 e. The monoisotopic (exact) mass is 270 g/mol. The second kappa shape index (κ2) is 8.23. The van der Waals surface area contributed by atoms with Gasteiger partial charge in [0.05, 0.1) is 6.10 Å². The average molecular weight is 270 g/mol. The fourth-order valence-electron chi connectivity index (χ4n) is 2.76. The highest BCUT2D eigenvalue weighted by atomic mass is 16.5. The lowest BCUT2D eigenvalue weighted by Crippen LogP contribution is -2.44. The van der Waals surface area contributed by atoms with E-state index >= 15 is 0 Å². The van der Waals surface area contributed by atoms with Gasteiger partial charge in [0, 0.05) is 32.3 Å². The molecule has 3 heteroatoms. The first-order valence-corrected chi connectivity index (χ1v) is 7.99. The fraction of sp³-hybridized carbons (Fsp3) is 1.00. The Balaban J connectivity index is 2.35. The molecule has 0 aliphatic carbocycles. The molecule has 3 nitrogen and oxygen atoms in total. The highest BCUT2D eigenvalue weighted by Gasteiger charge is 2.25. The van der Waals surface area contributed by atoms with Crippen molar-refractivity contribution in [3.05, 3.63) is 0 Å². The molecule has 19 heavy (non-hydrogen) atoms. The van der Waals surface area contributed by atoms with Crippen molar-refractivity contribution in [3.63, 3.8) is 0 Å². The number of ether oxygens (including phenoxy) is 1. The van der Waals surface area contributed by atoms with E-state index in [1.807, 2.05) is 0 Å². The topological polar surface area (TPSA) is 24.5 Å². The maximum Gasteiger partial charge on any atom is 0.0701 e. The Morgan fingerprint density at radius 3 is 2.63 bits per heavy atom. The number of nitrogens with one attached hydrogen (secondary N) is 1. The highest BCUT2D eigenvalue weighted by molar-refractivity contribution is 4.80. The summed E-state index contributed by atoms with van der Waals surface area (Å²) in [4.78, 5) is 2.46. The van der Waals surface area contributed by atoms with E-state index in [2.05, 4.69) is 45.0 Å². The zero-order chi connectivity index (χ0) is 14.3. The Kier molecular flexibility index (Phi) is 7.33. The Morgan fingerprint density at radius 1 is 1.37 bits per heavy atom. The smallest absolute Gasteiger partial charge is 0.0701 e. The van der Waals surface area contributed by atoms with Gasteiger partial charge in [-0.3, -0.25) is 0 Å². The van der Waals surface area contributed by atoms with Crippen molar-refractivity contribution in [1.29, 1.82) is 0 Å². The van der Waals surface area contributed by atoms with Crippen LogP contribution in [-0.4, -0.2) is 50.3 Å². The molecule has 1 N–H and O–H groups in total. The molecule has 1 heterocycles. The van der Waals surface area contributed by atoms with E-state index in [1.54, 1.807) is 0 Å². The molecule has 1 aliphatic rings. The lowest BCUT2D eigenvalue weighted by atomic mass is 9.86. The van der Waals surface area contributed by atoms with Crippen LogP contribution in [0.4, 0.5) is 0 Å². The van der Waals surface area contributed by atoms with Gasteiger partial charge in [-0.25, -0.2) is 0 Å². The highest BCUT2D eigenvalue weighted by Crippen LogP contribution is 2.22. The van der Waals surface area contributed by atoms with E-state index in [0.717, 1.165) is 26.2 Å². The Bertz CT molecular complexity index is 239. The van der Waals surface area contributed by atoms with Crippen LogP contribution in [0, 0.1) is 5.41 Å². The van der Waals surface area contributed by atoms with Crippen molar-refractivity contribution in [3.8, 4) is 0 Å². The van der Waals surface area contributed by atoms with Crippen LogP contribution in [0.2, 0.25) is 0 Å². The second-order valence-corrected chi connectivity index (χ2v) is 6.89. The van der Waals surface area contributed by atoms with Crippen LogP contribution in [-0.2, 0) is 4.74 Å². The van der Waals surface area contributed by atoms with Gasteiger partial charge in [-0.1, -0.05) is 27.7 Å². The van der Waals surface area contributed by atoms with Crippen molar-refractivity contribution in [1.82, 2.24) is 10.2 Å². The van der Waals surface area contributed by atoms with Crippen LogP contribution < -0.4 is 5.32 Å². The van der Waals surface area contributed by atoms with Crippen molar-refractivity contribution >= 4 is 0 Å². The summed E-state index contributed by atoms with van der Waals surface area (Å²) < 4.78 is 5.84. The first kappa shape index (κ1) is 16.9. The van der Waals surface area contributed by atoms with E-state index < -0.39 is 0 Å². The van der Waals surface area contributed by atoms with Crippen LogP contribution in [0.3, 0.4) is 0 Å². The molecule has 1 aliphatic heterocycles. The van der Waals surface area contributed by atoms with Crippen LogP contribution in [0.1, 0.15) is 53.4 Å². The Morgan fingerprint density at radius 2 is 2.11 bits per heavy atom. The normalized spacial score (nSPS) is 23.8. The number of nitrogens with zero attached hydrogens (tertiary/aromatic N) is 1. The van der Waals surface area contributed by atoms with Gasteiger partial charge >= 0.3 is 0 Å². The average Bonchev–Trinajstić information content (AvgIpc) is 2.37. The van der Waals surface area contributed by atoms with Gasteiger partial charge in [0.2, 0.25) is 0 Å². The summed E-state index contributed by atoms with van der Waals surface area (Å²) >= 11 is 0. The minimum absolute atomic E-state index is 0.355. The fourth-order valence-corrected chi connectivity index (χ4v) is 2.76. The van der Waals surface area contributed by atoms with Gasteiger partial charge in [0.25, 0.3) is 0 Å². The molecule has 0 saturated carbocycles. The minimum atomic E-state index is 0.355. The molecule has 0 radical (unpaired) electrons. The van der Waals surface area contributed by atoms with Gasteiger partial charge in [-0.05, 0) is 38.1 Å². The molecule has 114 valence electrons. The quantitative estimate of drug-likeness (QED) is 0.734. The van der Waals surface area contributed by atoms with Crippen LogP contribution >= 0.6 is 0 Å². The third-order valence-electron chi connectivity index (χ3n) is 4.23. The van der Waals surface area contributed by atoms with Crippen molar-refractivity contribution in [2.45, 2.75) is 65.5 Å². The van der Waals surface area contributed by atoms with Gasteiger partial charge < -0.3 is 15.0 Å². The molecule has 1 rings (SSSR count). The molecule has 0 bridgehead atoms. The molecular formula is C16H34N2O. The van der Waals surface area contributed by atoms with E-state index in [1.165, 1.54) is 25.7 Å². The lowest BCUT2D eigenvalue weighted by Gasteiger charge is -2.36. The predicted molar refractivity (Wildman–Crippen MR) is 82.6 cm³/mol. The molecule has 0 aromatic heterocycles. The molecule has 0 amide bonds. The van der Waals surface area contributed by atoms with Crippen molar-refractivity contribution in [2.75, 3.05) is 33.3 Å². The number of rotatable bonds is 8. The zero-order valence-electron chi connectivity index (χ0n) is 13.7. The van der Waals surface area contributed by atoms with Crippen LogP contribution in [0.5, 0.6) is 0 Å². The summed E-state index contributed by atoms with van der Waals surface area (Å²) in [5, 5.41) is 3.59. The third-order valence-corrected chi connectivity index (χ3v) is 4.23. The summed E-state index contributed by atoms with van der Waals surface area (Å²) in [6.07, 6.45) is 5.47. The molecule has 0 aromatic rings. The van der Waals surface area contributed by atoms with E-state index in [0.29, 0.717) is 17.6 Å². The zero-order valence-corrected chi connectivity index (χ0v) is 13.7. The van der Waals surface area contributed by atoms with Gasteiger partial charge in [0.15, 0.2) is 0 Å². The summed E-state index contributed by atoms with van der Waals surface area (Å²) in [5.41, 5.74) is 0.355. The lowest BCUT2D eigenvalue weighted by molar-refractivity contribution is -0.00729. The molecule has 1 saturated heterocycles. The molecular weight excluding hydrogens is 236 g/mol. The predicted octanol–water partition coefficient (Wildman–Crippen LogP) is 2.90. The maximum absolute atomic E-state index is 5.84. The van der Waals surface area contributed by atoms with Crippen LogP contribution in [0.25, 0.3) is 0 Å². The summed E-state index contributed by atoms with van der Waals surface area (Å²) in [7, 11) is 2.24. The Hall–Kier alpha value is -0.120. The van der Waals surface area contributed by atoms with Crippen molar-refractivity contribution < 1.29 is 4.74 Å². The summed E-state index contributed by atoms with van der Waals surface area (Å²) in [6, 6.07) is 0.567. The standard InChI is InChI=1S/C16H34N2O/c1-6-16(4,12-17-14(2)3)13-18(5)11-15-9-7-8-10-19-15/h14-15,17H,6-13H2,1-5H3. The van der Waals surface area contributed by atoms with E-state index in [4.69, 9.17) is 4.74 Å². The molecule has 1 fully saturated rings.